The fraction of sp³-hybridized carbons (Fsp3) is 0.278. The van der Waals surface area contributed by atoms with E-state index in [2.05, 4.69) is 5.32 Å². The van der Waals surface area contributed by atoms with Gasteiger partial charge in [0.15, 0.2) is 0 Å². The molecule has 7 nitrogen and oxygen atoms in total. The van der Waals surface area contributed by atoms with E-state index < -0.39 is 28.5 Å². The second-order valence-electron chi connectivity index (χ2n) is 10.9. The van der Waals surface area contributed by atoms with E-state index in [0.717, 1.165) is 23.1 Å². The van der Waals surface area contributed by atoms with E-state index in [1.54, 1.807) is 54.6 Å². The van der Waals surface area contributed by atoms with E-state index >= 15 is 0 Å². The van der Waals surface area contributed by atoms with Crippen LogP contribution in [0.1, 0.15) is 42.5 Å². The minimum Gasteiger partial charge on any atom is -0.354 e. The molecule has 236 valence electrons. The summed E-state index contributed by atoms with van der Waals surface area (Å²) in [6.45, 7) is 5.73. The lowest BCUT2D eigenvalue weighted by atomic mass is 10.0. The molecule has 1 N–H and O–H groups in total. The number of rotatable bonds is 14. The Balaban J connectivity index is 1.83. The van der Waals surface area contributed by atoms with Crippen molar-refractivity contribution in [2.75, 3.05) is 17.4 Å². The highest BCUT2D eigenvalue weighted by Crippen LogP contribution is 2.29. The summed E-state index contributed by atoms with van der Waals surface area (Å²) >= 11 is 6.56. The van der Waals surface area contributed by atoms with Gasteiger partial charge in [-0.1, -0.05) is 110 Å². The maximum Gasteiger partial charge on any atom is 0.264 e. The highest BCUT2D eigenvalue weighted by molar-refractivity contribution is 7.92. The van der Waals surface area contributed by atoms with Crippen LogP contribution < -0.4 is 9.62 Å². The monoisotopic (exact) mass is 645 g/mol. The van der Waals surface area contributed by atoms with Crippen LogP contribution in [0.3, 0.4) is 0 Å². The van der Waals surface area contributed by atoms with E-state index in [9.17, 15) is 18.0 Å². The van der Waals surface area contributed by atoms with Crippen LogP contribution in [0.15, 0.2) is 108 Å². The summed E-state index contributed by atoms with van der Waals surface area (Å²) in [6.07, 6.45) is 1.52. The summed E-state index contributed by atoms with van der Waals surface area (Å²) in [7, 11) is -4.17. The lowest BCUT2D eigenvalue weighted by Crippen LogP contribution is -2.53. The average Bonchev–Trinajstić information content (AvgIpc) is 3.05. The summed E-state index contributed by atoms with van der Waals surface area (Å²) < 4.78 is 29.7. The maximum absolute atomic E-state index is 14.6. The number of para-hydroxylation sites is 1. The van der Waals surface area contributed by atoms with Gasteiger partial charge in [-0.05, 0) is 60.7 Å². The third kappa shape index (κ3) is 8.53. The van der Waals surface area contributed by atoms with E-state index in [1.165, 1.54) is 9.21 Å². The van der Waals surface area contributed by atoms with Gasteiger partial charge in [-0.2, -0.15) is 0 Å². The van der Waals surface area contributed by atoms with Crippen LogP contribution in [0.5, 0.6) is 0 Å². The maximum atomic E-state index is 14.6. The number of benzene rings is 4. The SMILES string of the molecule is CCCNC(=O)[C@@H](Cc1ccccc1)N(Cc1ccccc1Cl)C(=O)CN(c1ccccc1CC)S(=O)(=O)c1ccc(C)cc1. The van der Waals surface area contributed by atoms with Crippen molar-refractivity contribution in [1.82, 2.24) is 10.2 Å². The van der Waals surface area contributed by atoms with Crippen molar-refractivity contribution < 1.29 is 18.0 Å². The smallest absolute Gasteiger partial charge is 0.264 e. The molecule has 0 spiro atoms. The highest BCUT2D eigenvalue weighted by Gasteiger charge is 2.35. The van der Waals surface area contributed by atoms with E-state index in [1.807, 2.05) is 69.3 Å². The molecule has 4 rings (SSSR count). The third-order valence-electron chi connectivity index (χ3n) is 7.65. The Labute approximate surface area is 271 Å². The topological polar surface area (TPSA) is 86.8 Å². The molecule has 2 amide bonds. The van der Waals surface area contributed by atoms with Crippen LogP contribution in [0.25, 0.3) is 0 Å². The molecular formula is C36H40ClN3O4S. The first-order valence-corrected chi connectivity index (χ1v) is 17.0. The summed E-state index contributed by atoms with van der Waals surface area (Å²) in [5.41, 5.74) is 3.63. The Hall–Kier alpha value is -4.14. The van der Waals surface area contributed by atoms with Crippen molar-refractivity contribution in [1.29, 1.82) is 0 Å². The molecule has 0 aliphatic heterocycles. The Bertz CT molecular complexity index is 1700. The number of sulfonamides is 1. The molecule has 0 unspecified atom stereocenters. The molecule has 4 aromatic rings. The van der Waals surface area contributed by atoms with Gasteiger partial charge in [0.05, 0.1) is 10.6 Å². The zero-order valence-electron chi connectivity index (χ0n) is 25.9. The Morgan fingerprint density at radius 2 is 1.44 bits per heavy atom. The van der Waals surface area contributed by atoms with Crippen LogP contribution in [-0.4, -0.2) is 44.3 Å². The first-order valence-electron chi connectivity index (χ1n) is 15.2. The number of nitrogens with zero attached hydrogens (tertiary/aromatic N) is 2. The molecule has 0 saturated carbocycles. The molecule has 0 fully saturated rings. The molecule has 4 aromatic carbocycles. The van der Waals surface area contributed by atoms with Gasteiger partial charge in [-0.3, -0.25) is 13.9 Å². The molecule has 0 bridgehead atoms. The molecule has 0 saturated heterocycles. The lowest BCUT2D eigenvalue weighted by Gasteiger charge is -2.34. The predicted molar refractivity (Wildman–Crippen MR) is 181 cm³/mol. The number of amides is 2. The minimum absolute atomic E-state index is 0.0173. The second-order valence-corrected chi connectivity index (χ2v) is 13.2. The lowest BCUT2D eigenvalue weighted by molar-refractivity contribution is -0.140. The van der Waals surface area contributed by atoms with Crippen LogP contribution in [0.4, 0.5) is 5.69 Å². The molecule has 0 aliphatic rings. The normalized spacial score (nSPS) is 11.9. The fourth-order valence-corrected chi connectivity index (χ4v) is 6.78. The zero-order chi connectivity index (χ0) is 32.4. The fourth-order valence-electron chi connectivity index (χ4n) is 5.13. The zero-order valence-corrected chi connectivity index (χ0v) is 27.5. The quantitative estimate of drug-likeness (QED) is 0.168. The Morgan fingerprint density at radius 1 is 0.822 bits per heavy atom. The van der Waals surface area contributed by atoms with Crippen molar-refractivity contribution >= 4 is 39.1 Å². The number of carbonyl (C=O) groups is 2. The molecule has 0 aliphatic carbocycles. The second kappa shape index (κ2) is 15.7. The molecule has 1 atom stereocenters. The van der Waals surface area contributed by atoms with Crippen molar-refractivity contribution in [3.05, 3.63) is 130 Å². The predicted octanol–water partition coefficient (Wildman–Crippen LogP) is 6.57. The Morgan fingerprint density at radius 3 is 2.09 bits per heavy atom. The van der Waals surface area contributed by atoms with Gasteiger partial charge in [0.2, 0.25) is 11.8 Å². The van der Waals surface area contributed by atoms with Gasteiger partial charge < -0.3 is 10.2 Å². The molecule has 45 heavy (non-hydrogen) atoms. The summed E-state index contributed by atoms with van der Waals surface area (Å²) in [4.78, 5) is 29.9. The van der Waals surface area contributed by atoms with Crippen LogP contribution in [0, 0.1) is 6.92 Å². The van der Waals surface area contributed by atoms with Crippen LogP contribution >= 0.6 is 11.6 Å². The van der Waals surface area contributed by atoms with Crippen molar-refractivity contribution in [2.45, 2.75) is 57.5 Å². The number of aryl methyl sites for hydroxylation is 2. The van der Waals surface area contributed by atoms with Gasteiger partial charge in [0.1, 0.15) is 12.6 Å². The minimum atomic E-state index is -4.17. The standard InChI is InChI=1S/C36H40ClN3O4S/c1-4-23-38-36(42)34(24-28-13-7-6-8-14-28)39(25-30-16-9-11-17-32(30)37)35(41)26-40(33-18-12-10-15-29(33)5-2)45(43,44)31-21-19-27(3)20-22-31/h6-22,34H,4-5,23-26H2,1-3H3,(H,38,42)/t34-/m1/s1. The van der Waals surface area contributed by atoms with E-state index in [4.69, 9.17) is 11.6 Å². The van der Waals surface area contributed by atoms with Crippen LogP contribution in [-0.2, 0) is 39.0 Å². The van der Waals surface area contributed by atoms with Crippen LogP contribution in [0.2, 0.25) is 5.02 Å². The molecule has 0 heterocycles. The van der Waals surface area contributed by atoms with E-state index in [0.29, 0.717) is 29.2 Å². The highest BCUT2D eigenvalue weighted by atomic mass is 35.5. The summed E-state index contributed by atoms with van der Waals surface area (Å²) in [5, 5.41) is 3.40. The van der Waals surface area contributed by atoms with Crippen molar-refractivity contribution in [3.63, 3.8) is 0 Å². The summed E-state index contributed by atoms with van der Waals surface area (Å²) in [6, 6.07) is 29.4. The largest absolute Gasteiger partial charge is 0.354 e. The molecule has 0 radical (unpaired) electrons. The number of hydrogen-bond acceptors (Lipinski definition) is 4. The number of halogens is 1. The van der Waals surface area contributed by atoms with Gasteiger partial charge in [-0.25, -0.2) is 8.42 Å². The summed E-state index contributed by atoms with van der Waals surface area (Å²) in [5.74, 6) is -0.841. The van der Waals surface area contributed by atoms with Gasteiger partial charge in [0.25, 0.3) is 10.0 Å². The first kappa shape index (κ1) is 33.7. The van der Waals surface area contributed by atoms with E-state index in [-0.39, 0.29) is 23.8 Å². The first-order chi connectivity index (χ1) is 21.6. The number of anilines is 1. The molecule has 9 heteroatoms. The van der Waals surface area contributed by atoms with Gasteiger partial charge in [0, 0.05) is 24.5 Å². The van der Waals surface area contributed by atoms with Crippen molar-refractivity contribution in [2.24, 2.45) is 0 Å². The van der Waals surface area contributed by atoms with Gasteiger partial charge in [-0.15, -0.1) is 0 Å². The molecule has 0 aromatic heterocycles. The average molecular weight is 646 g/mol. The number of carbonyl (C=O) groups excluding carboxylic acids is 2. The third-order valence-corrected chi connectivity index (χ3v) is 9.79. The molecular weight excluding hydrogens is 606 g/mol. The van der Waals surface area contributed by atoms with Gasteiger partial charge >= 0.3 is 0 Å². The number of hydrogen-bond donors (Lipinski definition) is 1. The number of nitrogens with one attached hydrogen (secondary N) is 1. The Kier molecular flexibility index (Phi) is 11.8. The van der Waals surface area contributed by atoms with Crippen molar-refractivity contribution in [3.8, 4) is 0 Å².